The lowest BCUT2D eigenvalue weighted by Gasteiger charge is -2.23. The number of imide groups is 1. The van der Waals surface area contributed by atoms with Crippen molar-refractivity contribution >= 4 is 23.8 Å². The van der Waals surface area contributed by atoms with Crippen LogP contribution in [0.5, 0.6) is 5.75 Å². The van der Waals surface area contributed by atoms with E-state index in [0.717, 1.165) is 9.80 Å². The van der Waals surface area contributed by atoms with Crippen LogP contribution in [-0.2, 0) is 19.9 Å². The van der Waals surface area contributed by atoms with Gasteiger partial charge in [-0.3, -0.25) is 19.3 Å². The van der Waals surface area contributed by atoms with Crippen LogP contribution in [0.25, 0.3) is 0 Å². The molecule has 1 fully saturated rings. The van der Waals surface area contributed by atoms with Crippen molar-refractivity contribution in [2.75, 3.05) is 27.2 Å². The number of rotatable bonds is 7. The molecule has 1 aliphatic rings. The normalized spacial score (nSPS) is 18.9. The maximum Gasteiger partial charge on any atom is 0.387 e. The second-order valence-electron chi connectivity index (χ2n) is 6.27. The first-order valence-electron chi connectivity index (χ1n) is 8.22. The van der Waals surface area contributed by atoms with E-state index < -0.39 is 42.4 Å². The van der Waals surface area contributed by atoms with Crippen LogP contribution in [0, 0.1) is 0 Å². The predicted molar refractivity (Wildman–Crippen MR) is 92.4 cm³/mol. The molecule has 0 radical (unpaired) electrons. The molecule has 0 saturated carbocycles. The van der Waals surface area contributed by atoms with E-state index in [1.165, 1.54) is 45.3 Å². The number of ether oxygens (including phenoxy) is 1. The summed E-state index contributed by atoms with van der Waals surface area (Å²) in [4.78, 5) is 50.4. The summed E-state index contributed by atoms with van der Waals surface area (Å²) < 4.78 is 28.8. The molecule has 2 rings (SSSR count). The molecule has 0 aromatic heterocycles. The Balaban J connectivity index is 2.13. The van der Waals surface area contributed by atoms with Gasteiger partial charge >= 0.3 is 12.6 Å². The summed E-state index contributed by atoms with van der Waals surface area (Å²) in [5, 5.41) is 4.86. The van der Waals surface area contributed by atoms with Crippen LogP contribution in [0.4, 0.5) is 13.6 Å². The Kier molecular flexibility index (Phi) is 6.16. The Hall–Kier alpha value is -3.24. The zero-order valence-corrected chi connectivity index (χ0v) is 15.5. The SMILES string of the molecule is CNC(=O)CN(C)C(=O)CN1C(=O)N[C@@](C)(c2ccc(OC(F)F)cc2)C1=O. The monoisotopic (exact) mass is 398 g/mol. The van der Waals surface area contributed by atoms with Crippen LogP contribution in [0.2, 0.25) is 0 Å². The molecule has 1 heterocycles. The van der Waals surface area contributed by atoms with E-state index in [2.05, 4.69) is 15.4 Å². The third-order valence-corrected chi connectivity index (χ3v) is 4.31. The third kappa shape index (κ3) is 4.35. The minimum Gasteiger partial charge on any atom is -0.435 e. The smallest absolute Gasteiger partial charge is 0.387 e. The highest BCUT2D eigenvalue weighted by molar-refractivity contribution is 6.09. The van der Waals surface area contributed by atoms with Gasteiger partial charge in [-0.1, -0.05) is 12.1 Å². The molecular formula is C17H20F2N4O5. The lowest BCUT2D eigenvalue weighted by Crippen LogP contribution is -2.45. The number of nitrogens with one attached hydrogen (secondary N) is 2. The second kappa shape index (κ2) is 8.19. The Morgan fingerprint density at radius 1 is 1.29 bits per heavy atom. The van der Waals surface area contributed by atoms with Crippen LogP contribution in [-0.4, -0.2) is 67.3 Å². The number of alkyl halides is 2. The topological polar surface area (TPSA) is 108 Å². The zero-order valence-electron chi connectivity index (χ0n) is 15.5. The standard InChI is InChI=1S/C17H20F2N4O5/c1-17(10-4-6-11(7-5-10)28-15(18)19)14(26)23(16(27)21-17)9-13(25)22(3)8-12(24)20-2/h4-7,15H,8-9H2,1-3H3,(H,20,24)(H,21,27)/t17-/m0/s1. The van der Waals surface area contributed by atoms with Crippen molar-refractivity contribution in [1.82, 2.24) is 20.4 Å². The molecule has 152 valence electrons. The molecular weight excluding hydrogens is 378 g/mol. The molecule has 1 aromatic rings. The summed E-state index contributed by atoms with van der Waals surface area (Å²) in [6.45, 7) is -2.31. The van der Waals surface area contributed by atoms with E-state index >= 15 is 0 Å². The number of carbonyl (C=O) groups excluding carboxylic acids is 4. The van der Waals surface area contributed by atoms with Gasteiger partial charge in [0.25, 0.3) is 5.91 Å². The lowest BCUT2D eigenvalue weighted by atomic mass is 9.92. The molecule has 1 aromatic carbocycles. The summed E-state index contributed by atoms with van der Waals surface area (Å²) in [5.74, 6) is -1.77. The van der Waals surface area contributed by atoms with Gasteiger partial charge in [0.2, 0.25) is 11.8 Å². The molecule has 2 N–H and O–H groups in total. The molecule has 28 heavy (non-hydrogen) atoms. The van der Waals surface area contributed by atoms with Crippen molar-refractivity contribution in [2.45, 2.75) is 19.1 Å². The van der Waals surface area contributed by atoms with E-state index in [1.54, 1.807) is 0 Å². The fraction of sp³-hybridized carbons (Fsp3) is 0.412. The Bertz CT molecular complexity index is 786. The highest BCUT2D eigenvalue weighted by atomic mass is 19.3. The number of nitrogens with zero attached hydrogens (tertiary/aromatic N) is 2. The van der Waals surface area contributed by atoms with Gasteiger partial charge in [-0.2, -0.15) is 8.78 Å². The minimum atomic E-state index is -2.98. The van der Waals surface area contributed by atoms with Gasteiger partial charge in [-0.05, 0) is 24.6 Å². The minimum absolute atomic E-state index is 0.0954. The number of hydrogen-bond donors (Lipinski definition) is 2. The first-order valence-corrected chi connectivity index (χ1v) is 8.22. The molecule has 0 spiro atoms. The van der Waals surface area contributed by atoms with Crippen LogP contribution in [0.15, 0.2) is 24.3 Å². The number of carbonyl (C=O) groups is 4. The van der Waals surface area contributed by atoms with Crippen LogP contribution in [0.1, 0.15) is 12.5 Å². The van der Waals surface area contributed by atoms with E-state index in [0.29, 0.717) is 5.56 Å². The van der Waals surface area contributed by atoms with Gasteiger partial charge in [-0.25, -0.2) is 4.79 Å². The van der Waals surface area contributed by atoms with Crippen LogP contribution in [0.3, 0.4) is 0 Å². The van der Waals surface area contributed by atoms with Gasteiger partial charge in [0.15, 0.2) is 0 Å². The van der Waals surface area contributed by atoms with Crippen molar-refractivity contribution in [3.05, 3.63) is 29.8 Å². The number of hydrogen-bond acceptors (Lipinski definition) is 5. The Morgan fingerprint density at radius 3 is 2.43 bits per heavy atom. The average Bonchev–Trinajstić information content (AvgIpc) is 2.85. The maximum atomic E-state index is 12.8. The second-order valence-corrected chi connectivity index (χ2v) is 6.27. The third-order valence-electron chi connectivity index (χ3n) is 4.31. The molecule has 0 aliphatic carbocycles. The summed E-state index contributed by atoms with van der Waals surface area (Å²) in [6, 6.07) is 4.47. The van der Waals surface area contributed by atoms with Crippen LogP contribution >= 0.6 is 0 Å². The fourth-order valence-electron chi connectivity index (χ4n) is 2.64. The number of urea groups is 1. The maximum absolute atomic E-state index is 12.8. The predicted octanol–water partition coefficient (Wildman–Crippen LogP) is 0.259. The van der Waals surface area contributed by atoms with Gasteiger partial charge in [0.1, 0.15) is 17.8 Å². The summed E-state index contributed by atoms with van der Waals surface area (Å²) in [5.41, 5.74) is -1.14. The van der Waals surface area contributed by atoms with E-state index in [4.69, 9.17) is 0 Å². The molecule has 0 unspecified atom stereocenters. The molecule has 11 heteroatoms. The number of benzene rings is 1. The Morgan fingerprint density at radius 2 is 1.89 bits per heavy atom. The molecule has 5 amide bonds. The highest BCUT2D eigenvalue weighted by Gasteiger charge is 2.49. The molecule has 1 saturated heterocycles. The molecule has 0 bridgehead atoms. The number of halogens is 2. The number of amides is 5. The Labute approximate surface area is 159 Å². The molecule has 1 aliphatic heterocycles. The van der Waals surface area contributed by atoms with Gasteiger partial charge in [-0.15, -0.1) is 0 Å². The highest BCUT2D eigenvalue weighted by Crippen LogP contribution is 2.30. The quantitative estimate of drug-likeness (QED) is 0.641. The zero-order chi connectivity index (χ0) is 21.1. The van der Waals surface area contributed by atoms with E-state index in [-0.39, 0.29) is 12.3 Å². The summed E-state index contributed by atoms with van der Waals surface area (Å²) in [6.07, 6.45) is 0. The van der Waals surface area contributed by atoms with Crippen molar-refractivity contribution in [3.63, 3.8) is 0 Å². The summed E-state index contributed by atoms with van der Waals surface area (Å²) in [7, 11) is 2.79. The van der Waals surface area contributed by atoms with E-state index in [9.17, 15) is 28.0 Å². The lowest BCUT2D eigenvalue weighted by molar-refractivity contribution is -0.139. The summed E-state index contributed by atoms with van der Waals surface area (Å²) >= 11 is 0. The fourth-order valence-corrected chi connectivity index (χ4v) is 2.64. The first-order chi connectivity index (χ1) is 13.1. The number of likely N-dealkylation sites (N-methyl/N-ethyl adjacent to an activating group) is 2. The van der Waals surface area contributed by atoms with Crippen molar-refractivity contribution in [1.29, 1.82) is 0 Å². The van der Waals surface area contributed by atoms with Gasteiger partial charge in [0.05, 0.1) is 6.54 Å². The van der Waals surface area contributed by atoms with Crippen molar-refractivity contribution in [3.8, 4) is 5.75 Å². The van der Waals surface area contributed by atoms with Gasteiger partial charge in [0, 0.05) is 14.1 Å². The van der Waals surface area contributed by atoms with Crippen molar-refractivity contribution in [2.24, 2.45) is 0 Å². The molecule has 9 nitrogen and oxygen atoms in total. The first kappa shape index (κ1) is 21.1. The largest absolute Gasteiger partial charge is 0.435 e. The average molecular weight is 398 g/mol. The van der Waals surface area contributed by atoms with E-state index in [1.807, 2.05) is 0 Å². The van der Waals surface area contributed by atoms with Gasteiger partial charge < -0.3 is 20.3 Å². The molecule has 1 atom stereocenters. The van der Waals surface area contributed by atoms with Crippen LogP contribution < -0.4 is 15.4 Å². The van der Waals surface area contributed by atoms with Crippen molar-refractivity contribution < 1.29 is 32.7 Å².